The zero-order chi connectivity index (χ0) is 13.7. The van der Waals surface area contributed by atoms with E-state index in [1.165, 1.54) is 11.3 Å². The maximum atomic E-state index is 11.7. The van der Waals surface area contributed by atoms with Crippen LogP contribution in [-0.4, -0.2) is 27.7 Å². The Morgan fingerprint density at radius 1 is 1.58 bits per heavy atom. The standard InChI is InChI=1S/C11H15N5O2S/c1-16-4-3-12-9(16)5-13-10(17)15-11-14-8(6-18-2)7-19-11/h3-4,7H,5-6H2,1-2H3,(H2,13,14,15,17). The number of aryl methyl sites for hydroxylation is 1. The van der Waals surface area contributed by atoms with Gasteiger partial charge in [0.15, 0.2) is 5.13 Å². The molecule has 0 aliphatic carbocycles. The van der Waals surface area contributed by atoms with E-state index in [1.54, 1.807) is 13.3 Å². The van der Waals surface area contributed by atoms with E-state index >= 15 is 0 Å². The summed E-state index contributed by atoms with van der Waals surface area (Å²) < 4.78 is 6.81. The largest absolute Gasteiger partial charge is 0.378 e. The van der Waals surface area contributed by atoms with Gasteiger partial charge in [0.2, 0.25) is 0 Å². The number of nitrogens with one attached hydrogen (secondary N) is 2. The third-order valence-electron chi connectivity index (χ3n) is 2.39. The lowest BCUT2D eigenvalue weighted by molar-refractivity contribution is 0.182. The summed E-state index contributed by atoms with van der Waals surface area (Å²) in [6.45, 7) is 0.804. The normalized spacial score (nSPS) is 10.4. The first-order chi connectivity index (χ1) is 9.19. The van der Waals surface area contributed by atoms with Crippen molar-refractivity contribution in [3.8, 4) is 0 Å². The third-order valence-corrected chi connectivity index (χ3v) is 3.20. The van der Waals surface area contributed by atoms with Crippen molar-refractivity contribution >= 4 is 22.5 Å². The lowest BCUT2D eigenvalue weighted by Gasteiger charge is -2.05. The number of aromatic nitrogens is 3. The fourth-order valence-electron chi connectivity index (χ4n) is 1.45. The first-order valence-corrected chi connectivity index (χ1v) is 6.51. The van der Waals surface area contributed by atoms with E-state index in [2.05, 4.69) is 20.6 Å². The molecule has 102 valence electrons. The summed E-state index contributed by atoms with van der Waals surface area (Å²) in [4.78, 5) is 20.0. The van der Waals surface area contributed by atoms with Gasteiger partial charge in [-0.1, -0.05) is 0 Å². The van der Waals surface area contributed by atoms with Crippen LogP contribution < -0.4 is 10.6 Å². The van der Waals surface area contributed by atoms with Crippen molar-refractivity contribution in [1.29, 1.82) is 0 Å². The highest BCUT2D eigenvalue weighted by molar-refractivity contribution is 7.13. The Bertz CT molecular complexity index is 551. The van der Waals surface area contributed by atoms with E-state index < -0.39 is 0 Å². The van der Waals surface area contributed by atoms with E-state index in [0.717, 1.165) is 11.5 Å². The van der Waals surface area contributed by atoms with Crippen molar-refractivity contribution in [2.45, 2.75) is 13.2 Å². The summed E-state index contributed by atoms with van der Waals surface area (Å²) in [5.74, 6) is 0.786. The van der Waals surface area contributed by atoms with E-state index in [9.17, 15) is 4.79 Å². The molecule has 0 fully saturated rings. The van der Waals surface area contributed by atoms with Crippen molar-refractivity contribution in [1.82, 2.24) is 19.9 Å². The first-order valence-electron chi connectivity index (χ1n) is 5.63. The minimum Gasteiger partial charge on any atom is -0.378 e. The molecule has 2 heterocycles. The summed E-state index contributed by atoms with van der Waals surface area (Å²) in [7, 11) is 3.48. The van der Waals surface area contributed by atoms with Crippen molar-refractivity contribution < 1.29 is 9.53 Å². The van der Waals surface area contributed by atoms with Gasteiger partial charge in [-0.15, -0.1) is 11.3 Å². The molecule has 19 heavy (non-hydrogen) atoms. The van der Waals surface area contributed by atoms with Crippen molar-refractivity contribution in [2.24, 2.45) is 7.05 Å². The van der Waals surface area contributed by atoms with E-state index in [4.69, 9.17) is 4.74 Å². The van der Waals surface area contributed by atoms with E-state index in [-0.39, 0.29) is 6.03 Å². The Hall–Kier alpha value is -1.93. The Kier molecular flexibility index (Phi) is 4.48. The third kappa shape index (κ3) is 3.76. The number of methoxy groups -OCH3 is 1. The number of nitrogens with zero attached hydrogens (tertiary/aromatic N) is 3. The summed E-state index contributed by atoms with van der Waals surface area (Å²) in [6.07, 6.45) is 3.51. The Morgan fingerprint density at radius 2 is 2.42 bits per heavy atom. The number of amides is 2. The van der Waals surface area contributed by atoms with Gasteiger partial charge in [0, 0.05) is 31.9 Å². The molecule has 0 bridgehead atoms. The van der Waals surface area contributed by atoms with Gasteiger partial charge in [-0.05, 0) is 0 Å². The van der Waals surface area contributed by atoms with Crippen LogP contribution >= 0.6 is 11.3 Å². The van der Waals surface area contributed by atoms with Gasteiger partial charge in [0.05, 0.1) is 18.8 Å². The number of hydrogen-bond acceptors (Lipinski definition) is 5. The van der Waals surface area contributed by atoms with Crippen molar-refractivity contribution in [3.63, 3.8) is 0 Å². The zero-order valence-electron chi connectivity index (χ0n) is 10.7. The van der Waals surface area contributed by atoms with Crippen molar-refractivity contribution in [3.05, 3.63) is 29.3 Å². The molecule has 0 unspecified atom stereocenters. The van der Waals surface area contributed by atoms with Crippen LogP contribution in [-0.2, 0) is 24.9 Å². The lowest BCUT2D eigenvalue weighted by Crippen LogP contribution is -2.29. The topological polar surface area (TPSA) is 81.1 Å². The summed E-state index contributed by atoms with van der Waals surface area (Å²) >= 11 is 1.36. The summed E-state index contributed by atoms with van der Waals surface area (Å²) in [6, 6.07) is -0.304. The second-order valence-electron chi connectivity index (χ2n) is 3.84. The molecule has 2 N–H and O–H groups in total. The molecule has 0 saturated heterocycles. The molecule has 2 aromatic rings. The highest BCUT2D eigenvalue weighted by atomic mass is 32.1. The monoisotopic (exact) mass is 281 g/mol. The van der Waals surface area contributed by atoms with Crippen LogP contribution in [0.3, 0.4) is 0 Å². The maximum Gasteiger partial charge on any atom is 0.321 e. The Morgan fingerprint density at radius 3 is 3.11 bits per heavy atom. The fourth-order valence-corrected chi connectivity index (χ4v) is 2.14. The molecule has 2 amide bonds. The molecule has 7 nitrogen and oxygen atoms in total. The van der Waals surface area contributed by atoms with Crippen LogP contribution in [0.25, 0.3) is 0 Å². The van der Waals surface area contributed by atoms with Crippen LogP contribution in [0, 0.1) is 0 Å². The molecule has 0 atom stereocenters. The van der Waals surface area contributed by atoms with Crippen LogP contribution in [0.1, 0.15) is 11.5 Å². The zero-order valence-corrected chi connectivity index (χ0v) is 11.5. The molecule has 0 aliphatic rings. The van der Waals surface area contributed by atoms with Gasteiger partial charge in [0.25, 0.3) is 0 Å². The number of carbonyl (C=O) groups is 1. The average Bonchev–Trinajstić information content (AvgIpc) is 2.97. The highest BCUT2D eigenvalue weighted by Crippen LogP contribution is 2.15. The number of thiazole rings is 1. The van der Waals surface area contributed by atoms with E-state index in [1.807, 2.05) is 23.2 Å². The second-order valence-corrected chi connectivity index (χ2v) is 4.70. The molecule has 0 saturated carbocycles. The molecule has 0 spiro atoms. The van der Waals surface area contributed by atoms with Gasteiger partial charge < -0.3 is 14.6 Å². The molecular weight excluding hydrogens is 266 g/mol. The average molecular weight is 281 g/mol. The highest BCUT2D eigenvalue weighted by Gasteiger charge is 2.07. The minimum atomic E-state index is -0.304. The molecule has 0 radical (unpaired) electrons. The van der Waals surface area contributed by atoms with Crippen LogP contribution in [0.4, 0.5) is 9.93 Å². The summed E-state index contributed by atoms with van der Waals surface area (Å²) in [5.41, 5.74) is 0.798. The Labute approximate surface area is 114 Å². The quantitative estimate of drug-likeness (QED) is 0.866. The molecule has 2 aromatic heterocycles. The minimum absolute atomic E-state index is 0.304. The lowest BCUT2D eigenvalue weighted by atomic mass is 10.5. The van der Waals surface area contributed by atoms with Crippen LogP contribution in [0.2, 0.25) is 0 Å². The number of carbonyl (C=O) groups excluding carboxylic acids is 1. The van der Waals surface area contributed by atoms with Crippen LogP contribution in [0.5, 0.6) is 0 Å². The predicted octanol–water partition coefficient (Wildman–Crippen LogP) is 1.34. The smallest absolute Gasteiger partial charge is 0.321 e. The SMILES string of the molecule is COCc1csc(NC(=O)NCc2nccn2C)n1. The van der Waals surface area contributed by atoms with Gasteiger partial charge in [-0.25, -0.2) is 14.8 Å². The fraction of sp³-hybridized carbons (Fsp3) is 0.364. The maximum absolute atomic E-state index is 11.7. The number of hydrogen-bond donors (Lipinski definition) is 2. The van der Waals surface area contributed by atoms with Crippen molar-refractivity contribution in [2.75, 3.05) is 12.4 Å². The number of rotatable bonds is 5. The predicted molar refractivity (Wildman–Crippen MR) is 71.9 cm³/mol. The molecule has 2 rings (SSSR count). The van der Waals surface area contributed by atoms with Gasteiger partial charge in [-0.2, -0.15) is 0 Å². The first kappa shape index (κ1) is 13.5. The van der Waals surface area contributed by atoms with Crippen LogP contribution in [0.15, 0.2) is 17.8 Å². The van der Waals surface area contributed by atoms with Gasteiger partial charge in [-0.3, -0.25) is 5.32 Å². The molecular formula is C11H15N5O2S. The molecule has 8 heteroatoms. The number of urea groups is 1. The van der Waals surface area contributed by atoms with Gasteiger partial charge >= 0.3 is 6.03 Å². The number of anilines is 1. The molecule has 0 aliphatic heterocycles. The Balaban J connectivity index is 1.82. The second kappa shape index (κ2) is 6.30. The molecule has 0 aromatic carbocycles. The van der Waals surface area contributed by atoms with E-state index in [0.29, 0.717) is 18.3 Å². The number of ether oxygens (including phenoxy) is 1. The van der Waals surface area contributed by atoms with Gasteiger partial charge in [0.1, 0.15) is 5.82 Å². The number of imidazole rings is 1. The summed E-state index contributed by atoms with van der Waals surface area (Å²) in [5, 5.41) is 7.78.